The standard InChI is InChI=1S/C19H20F3N5O/c1-11(2)17-16(22)18(25-9-24-17)12(3)19(28,7-27-10-23-8-26-27)14-5-4-13(20)6-15(14)21/h4-6,8-12,28H,7H2,1-3H3/t12-,19+/m0/s1. The molecule has 6 nitrogen and oxygen atoms in total. The lowest BCUT2D eigenvalue weighted by Gasteiger charge is -2.34. The van der Waals surface area contributed by atoms with Gasteiger partial charge in [-0.2, -0.15) is 5.10 Å². The van der Waals surface area contributed by atoms with Gasteiger partial charge in [0.15, 0.2) is 5.82 Å². The van der Waals surface area contributed by atoms with Crippen molar-refractivity contribution in [3.63, 3.8) is 0 Å². The highest BCUT2D eigenvalue weighted by atomic mass is 19.1. The third-order valence-electron chi connectivity index (χ3n) is 4.78. The maximum Gasteiger partial charge on any atom is 0.166 e. The summed E-state index contributed by atoms with van der Waals surface area (Å²) < 4.78 is 44.3. The Kier molecular flexibility index (Phi) is 5.46. The van der Waals surface area contributed by atoms with Gasteiger partial charge in [-0.15, -0.1) is 0 Å². The molecule has 9 heteroatoms. The van der Waals surface area contributed by atoms with E-state index >= 15 is 4.39 Å². The molecular weight excluding hydrogens is 371 g/mol. The lowest BCUT2D eigenvalue weighted by Crippen LogP contribution is -2.39. The van der Waals surface area contributed by atoms with Gasteiger partial charge in [0.1, 0.15) is 36.2 Å². The average molecular weight is 391 g/mol. The largest absolute Gasteiger partial charge is 0.382 e. The van der Waals surface area contributed by atoms with Crippen LogP contribution in [0.15, 0.2) is 37.2 Å². The molecule has 0 unspecified atom stereocenters. The van der Waals surface area contributed by atoms with Gasteiger partial charge in [-0.1, -0.05) is 26.8 Å². The molecule has 0 aliphatic rings. The van der Waals surface area contributed by atoms with E-state index in [1.807, 2.05) is 0 Å². The summed E-state index contributed by atoms with van der Waals surface area (Å²) in [6.07, 6.45) is 3.81. The fourth-order valence-corrected chi connectivity index (χ4v) is 3.19. The van der Waals surface area contributed by atoms with E-state index in [2.05, 4.69) is 20.1 Å². The van der Waals surface area contributed by atoms with Gasteiger partial charge >= 0.3 is 0 Å². The second-order valence-corrected chi connectivity index (χ2v) is 6.98. The van der Waals surface area contributed by atoms with Crippen LogP contribution >= 0.6 is 0 Å². The number of aliphatic hydroxyl groups is 1. The Hall–Kier alpha value is -2.81. The molecule has 2 heterocycles. The van der Waals surface area contributed by atoms with Gasteiger partial charge < -0.3 is 5.11 Å². The molecule has 2 aromatic heterocycles. The predicted octanol–water partition coefficient (Wildman–Crippen LogP) is 3.30. The van der Waals surface area contributed by atoms with Gasteiger partial charge in [-0.05, 0) is 12.0 Å². The van der Waals surface area contributed by atoms with E-state index in [1.165, 1.54) is 30.6 Å². The molecule has 0 radical (unpaired) electrons. The molecule has 0 aliphatic carbocycles. The van der Waals surface area contributed by atoms with Crippen LogP contribution in [0.3, 0.4) is 0 Å². The number of aromatic nitrogens is 5. The monoisotopic (exact) mass is 391 g/mol. The highest BCUT2D eigenvalue weighted by molar-refractivity contribution is 5.31. The van der Waals surface area contributed by atoms with Crippen LogP contribution in [-0.2, 0) is 12.1 Å². The van der Waals surface area contributed by atoms with Crippen molar-refractivity contribution in [2.75, 3.05) is 0 Å². The number of rotatable bonds is 6. The molecule has 0 saturated heterocycles. The van der Waals surface area contributed by atoms with Gasteiger partial charge in [-0.3, -0.25) is 0 Å². The second kappa shape index (κ2) is 7.67. The molecule has 0 bridgehead atoms. The fourth-order valence-electron chi connectivity index (χ4n) is 3.19. The van der Waals surface area contributed by atoms with Crippen LogP contribution in [0.5, 0.6) is 0 Å². The van der Waals surface area contributed by atoms with Crippen LogP contribution in [0.4, 0.5) is 13.2 Å². The van der Waals surface area contributed by atoms with E-state index in [0.29, 0.717) is 6.07 Å². The smallest absolute Gasteiger partial charge is 0.166 e. The van der Waals surface area contributed by atoms with E-state index in [-0.39, 0.29) is 29.4 Å². The third-order valence-corrected chi connectivity index (χ3v) is 4.78. The quantitative estimate of drug-likeness (QED) is 0.698. The van der Waals surface area contributed by atoms with Crippen molar-refractivity contribution in [3.8, 4) is 0 Å². The first kappa shape index (κ1) is 19.9. The number of nitrogens with zero attached hydrogens (tertiary/aromatic N) is 5. The van der Waals surface area contributed by atoms with Crippen LogP contribution in [0.25, 0.3) is 0 Å². The predicted molar refractivity (Wildman–Crippen MR) is 94.8 cm³/mol. The summed E-state index contributed by atoms with van der Waals surface area (Å²) in [5.41, 5.74) is -2.04. The minimum atomic E-state index is -1.98. The van der Waals surface area contributed by atoms with Gasteiger partial charge in [0.25, 0.3) is 0 Å². The lowest BCUT2D eigenvalue weighted by molar-refractivity contribution is -0.0134. The van der Waals surface area contributed by atoms with E-state index in [1.54, 1.807) is 13.8 Å². The molecule has 3 rings (SSSR count). The van der Waals surface area contributed by atoms with E-state index in [0.717, 1.165) is 12.1 Å². The SMILES string of the molecule is CC(C)c1ncnc([C@H](C)[C@](O)(Cn2cncn2)c2ccc(F)cc2F)c1F. The summed E-state index contributed by atoms with van der Waals surface area (Å²) in [5, 5.41) is 15.5. The zero-order valence-corrected chi connectivity index (χ0v) is 15.6. The van der Waals surface area contributed by atoms with E-state index < -0.39 is 29.0 Å². The average Bonchev–Trinajstić information content (AvgIpc) is 3.13. The molecule has 2 atom stereocenters. The van der Waals surface area contributed by atoms with Crippen LogP contribution in [0, 0.1) is 17.5 Å². The maximum absolute atomic E-state index is 15.0. The van der Waals surface area contributed by atoms with E-state index in [9.17, 15) is 13.9 Å². The molecule has 1 aromatic carbocycles. The number of benzene rings is 1. The van der Waals surface area contributed by atoms with Crippen molar-refractivity contribution in [2.45, 2.75) is 44.8 Å². The fraction of sp³-hybridized carbons (Fsp3) is 0.368. The summed E-state index contributed by atoms with van der Waals surface area (Å²) in [5.74, 6) is -3.61. The molecular formula is C19H20F3N5O. The molecule has 0 aliphatic heterocycles. The topological polar surface area (TPSA) is 76.7 Å². The lowest BCUT2D eigenvalue weighted by atomic mass is 9.79. The Labute approximate surface area is 160 Å². The Balaban J connectivity index is 2.15. The molecule has 0 fully saturated rings. The maximum atomic E-state index is 15.0. The normalized spacial score (nSPS) is 14.9. The molecule has 148 valence electrons. The van der Waals surface area contributed by atoms with Gasteiger partial charge in [0.2, 0.25) is 0 Å². The summed E-state index contributed by atoms with van der Waals surface area (Å²) in [6.45, 7) is 4.84. The Morgan fingerprint density at radius 1 is 1.07 bits per heavy atom. The van der Waals surface area contributed by atoms with Crippen molar-refractivity contribution in [2.24, 2.45) is 0 Å². The molecule has 28 heavy (non-hydrogen) atoms. The van der Waals surface area contributed by atoms with Crippen LogP contribution in [-0.4, -0.2) is 29.8 Å². The molecule has 1 N–H and O–H groups in total. The second-order valence-electron chi connectivity index (χ2n) is 6.98. The van der Waals surface area contributed by atoms with Crippen molar-refractivity contribution in [1.82, 2.24) is 24.7 Å². The summed E-state index contributed by atoms with van der Waals surface area (Å²) in [7, 11) is 0. The van der Waals surface area contributed by atoms with Gasteiger partial charge in [0, 0.05) is 17.5 Å². The van der Waals surface area contributed by atoms with Crippen LogP contribution in [0.2, 0.25) is 0 Å². The van der Waals surface area contributed by atoms with Crippen molar-refractivity contribution >= 4 is 0 Å². The first-order valence-corrected chi connectivity index (χ1v) is 8.74. The van der Waals surface area contributed by atoms with Crippen LogP contribution < -0.4 is 0 Å². The van der Waals surface area contributed by atoms with Crippen molar-refractivity contribution < 1.29 is 18.3 Å². The molecule has 0 amide bonds. The first-order valence-electron chi connectivity index (χ1n) is 8.74. The summed E-state index contributed by atoms with van der Waals surface area (Å²) >= 11 is 0. The Morgan fingerprint density at radius 3 is 2.39 bits per heavy atom. The van der Waals surface area contributed by atoms with Crippen molar-refractivity contribution in [1.29, 1.82) is 0 Å². The molecule has 3 aromatic rings. The Bertz CT molecular complexity index is 964. The zero-order chi connectivity index (χ0) is 20.5. The zero-order valence-electron chi connectivity index (χ0n) is 15.6. The van der Waals surface area contributed by atoms with Gasteiger partial charge in [-0.25, -0.2) is 32.8 Å². The highest BCUT2D eigenvalue weighted by Gasteiger charge is 2.42. The highest BCUT2D eigenvalue weighted by Crippen LogP contribution is 2.40. The minimum absolute atomic E-state index is 0.0648. The number of hydrogen-bond donors (Lipinski definition) is 1. The summed E-state index contributed by atoms with van der Waals surface area (Å²) in [6, 6.07) is 2.85. The Morgan fingerprint density at radius 2 is 1.79 bits per heavy atom. The minimum Gasteiger partial charge on any atom is -0.382 e. The molecule has 0 saturated carbocycles. The van der Waals surface area contributed by atoms with E-state index in [4.69, 9.17) is 0 Å². The number of halogens is 3. The third kappa shape index (κ3) is 3.62. The van der Waals surface area contributed by atoms with Crippen LogP contribution in [0.1, 0.15) is 49.6 Å². The summed E-state index contributed by atoms with van der Waals surface area (Å²) in [4.78, 5) is 11.8. The van der Waals surface area contributed by atoms with Gasteiger partial charge in [0.05, 0.1) is 17.9 Å². The molecule has 0 spiro atoms. The first-order chi connectivity index (χ1) is 13.2. The van der Waals surface area contributed by atoms with Crippen molar-refractivity contribution in [3.05, 3.63) is 71.6 Å². The number of hydrogen-bond acceptors (Lipinski definition) is 5.